The van der Waals surface area contributed by atoms with E-state index in [0.717, 1.165) is 30.4 Å². The maximum absolute atomic E-state index is 12.6. The number of fused-ring (bicyclic) bond motifs is 1. The van der Waals surface area contributed by atoms with Gasteiger partial charge in [0.05, 0.1) is 4.90 Å². The molecule has 1 heterocycles. The molecule has 1 aliphatic rings. The van der Waals surface area contributed by atoms with Crippen LogP contribution in [0.3, 0.4) is 0 Å². The molecule has 2 aromatic carbocycles. The summed E-state index contributed by atoms with van der Waals surface area (Å²) in [5.74, 6) is 1.23. The molecule has 1 fully saturated rings. The number of carbonyl (C=O) groups is 1. The van der Waals surface area contributed by atoms with E-state index in [4.69, 9.17) is 0 Å². The topological polar surface area (TPSA) is 78.5 Å². The molecule has 0 aliphatic carbocycles. The van der Waals surface area contributed by atoms with E-state index < -0.39 is 10.0 Å². The number of nitrogens with zero attached hydrogens (tertiary/aromatic N) is 1. The van der Waals surface area contributed by atoms with Crippen molar-refractivity contribution < 1.29 is 13.2 Å². The van der Waals surface area contributed by atoms with Gasteiger partial charge in [-0.05, 0) is 48.1 Å². The van der Waals surface area contributed by atoms with Gasteiger partial charge < -0.3 is 10.2 Å². The monoisotopic (exact) mass is 431 g/mol. The molecule has 1 aliphatic heterocycles. The van der Waals surface area contributed by atoms with Gasteiger partial charge in [-0.2, -0.15) is 0 Å². The van der Waals surface area contributed by atoms with Crippen LogP contribution in [0.4, 0.5) is 0 Å². The van der Waals surface area contributed by atoms with Gasteiger partial charge >= 0.3 is 0 Å². The van der Waals surface area contributed by atoms with E-state index in [9.17, 15) is 13.2 Å². The number of nitrogens with one attached hydrogen (secondary N) is 2. The fraction of sp³-hybridized carbons (Fsp3) is 0.522. The zero-order valence-corrected chi connectivity index (χ0v) is 18.9. The Morgan fingerprint density at radius 1 is 1.10 bits per heavy atom. The Balaban J connectivity index is 1.46. The third kappa shape index (κ3) is 6.27. The first kappa shape index (κ1) is 22.7. The maximum atomic E-state index is 12.6. The van der Waals surface area contributed by atoms with Crippen LogP contribution in [0.1, 0.15) is 33.6 Å². The Morgan fingerprint density at radius 2 is 1.77 bits per heavy atom. The average molecular weight is 432 g/mol. The van der Waals surface area contributed by atoms with Crippen molar-refractivity contribution in [3.8, 4) is 0 Å². The van der Waals surface area contributed by atoms with Crippen LogP contribution in [0.15, 0.2) is 47.4 Å². The molecular weight excluding hydrogens is 398 g/mol. The number of piperidine rings is 1. The quantitative estimate of drug-likeness (QED) is 0.674. The lowest BCUT2D eigenvalue weighted by Crippen LogP contribution is -2.47. The Labute approximate surface area is 180 Å². The maximum Gasteiger partial charge on any atom is 0.240 e. The summed E-state index contributed by atoms with van der Waals surface area (Å²) >= 11 is 0. The molecule has 2 aromatic rings. The molecule has 0 bridgehead atoms. The number of hydrogen-bond acceptors (Lipinski definition) is 4. The van der Waals surface area contributed by atoms with Crippen LogP contribution in [0.2, 0.25) is 0 Å². The summed E-state index contributed by atoms with van der Waals surface area (Å²) < 4.78 is 27.6. The Bertz CT molecular complexity index is 967. The highest BCUT2D eigenvalue weighted by atomic mass is 32.2. The van der Waals surface area contributed by atoms with Crippen LogP contribution in [-0.2, 0) is 14.8 Å². The molecule has 30 heavy (non-hydrogen) atoms. The summed E-state index contributed by atoms with van der Waals surface area (Å²) in [5.41, 5.74) is 0. The van der Waals surface area contributed by atoms with E-state index in [-0.39, 0.29) is 29.8 Å². The van der Waals surface area contributed by atoms with Gasteiger partial charge in [0.2, 0.25) is 15.9 Å². The van der Waals surface area contributed by atoms with Crippen LogP contribution in [0, 0.1) is 11.8 Å². The number of likely N-dealkylation sites (tertiary alicyclic amines) is 1. The second kappa shape index (κ2) is 9.90. The summed E-state index contributed by atoms with van der Waals surface area (Å²) in [4.78, 5) is 14.9. The highest BCUT2D eigenvalue weighted by molar-refractivity contribution is 7.89. The summed E-state index contributed by atoms with van der Waals surface area (Å²) in [6, 6.07) is 12.7. The van der Waals surface area contributed by atoms with E-state index in [1.165, 1.54) is 6.42 Å². The number of rotatable bonds is 8. The van der Waals surface area contributed by atoms with Crippen LogP contribution in [0.5, 0.6) is 0 Å². The lowest BCUT2D eigenvalue weighted by atomic mass is 9.92. The van der Waals surface area contributed by atoms with E-state index in [1.54, 1.807) is 18.2 Å². The van der Waals surface area contributed by atoms with Crippen molar-refractivity contribution in [3.63, 3.8) is 0 Å². The molecule has 2 N–H and O–H groups in total. The molecule has 0 radical (unpaired) electrons. The lowest BCUT2D eigenvalue weighted by molar-refractivity contribution is -0.121. The van der Waals surface area contributed by atoms with Crippen molar-refractivity contribution in [1.29, 1.82) is 0 Å². The van der Waals surface area contributed by atoms with E-state index in [0.29, 0.717) is 11.8 Å². The van der Waals surface area contributed by atoms with Crippen molar-refractivity contribution in [2.24, 2.45) is 11.8 Å². The number of amides is 1. The molecule has 3 unspecified atom stereocenters. The molecule has 7 heteroatoms. The molecular formula is C23H33N3O3S. The summed E-state index contributed by atoms with van der Waals surface area (Å²) in [5, 5.41) is 4.85. The molecule has 164 valence electrons. The fourth-order valence-electron chi connectivity index (χ4n) is 4.44. The molecule has 6 nitrogen and oxygen atoms in total. The third-order valence-corrected chi connectivity index (χ3v) is 7.02. The number of hydrogen-bond donors (Lipinski definition) is 2. The van der Waals surface area contributed by atoms with Gasteiger partial charge in [-0.15, -0.1) is 0 Å². The Morgan fingerprint density at radius 3 is 2.47 bits per heavy atom. The standard InChI is InChI=1S/C23H33N3O3S/c1-17-12-18(2)15-26(14-17)16-19(3)25-23(27)10-11-24-30(28,29)22-9-8-20-6-4-5-7-21(20)13-22/h4-9,13,17-19,24H,10-12,14-16H2,1-3H3,(H,25,27). The van der Waals surface area contributed by atoms with Gasteiger partial charge in [-0.3, -0.25) is 4.79 Å². The Kier molecular flexibility index (Phi) is 7.50. The van der Waals surface area contributed by atoms with Crippen molar-refractivity contribution in [2.75, 3.05) is 26.2 Å². The predicted molar refractivity (Wildman–Crippen MR) is 121 cm³/mol. The van der Waals surface area contributed by atoms with Crippen molar-refractivity contribution in [3.05, 3.63) is 42.5 Å². The van der Waals surface area contributed by atoms with Crippen LogP contribution in [0.25, 0.3) is 10.8 Å². The minimum Gasteiger partial charge on any atom is -0.352 e. The van der Waals surface area contributed by atoms with Gasteiger partial charge in [-0.1, -0.05) is 44.2 Å². The van der Waals surface area contributed by atoms with Crippen LogP contribution < -0.4 is 10.0 Å². The zero-order chi connectivity index (χ0) is 21.7. The highest BCUT2D eigenvalue weighted by Crippen LogP contribution is 2.21. The second-order valence-electron chi connectivity index (χ2n) is 8.79. The third-order valence-electron chi connectivity index (χ3n) is 5.56. The van der Waals surface area contributed by atoms with Crippen molar-refractivity contribution in [2.45, 2.75) is 44.6 Å². The van der Waals surface area contributed by atoms with Gasteiger partial charge in [0.1, 0.15) is 0 Å². The van der Waals surface area contributed by atoms with Gasteiger partial charge in [-0.25, -0.2) is 13.1 Å². The van der Waals surface area contributed by atoms with Crippen molar-refractivity contribution >= 4 is 26.7 Å². The SMILES string of the molecule is CC1CC(C)CN(CC(C)NC(=O)CCNS(=O)(=O)c2ccc3ccccc3c2)C1. The molecule has 3 atom stereocenters. The largest absolute Gasteiger partial charge is 0.352 e. The highest BCUT2D eigenvalue weighted by Gasteiger charge is 2.23. The van der Waals surface area contributed by atoms with Gasteiger partial charge in [0, 0.05) is 38.6 Å². The van der Waals surface area contributed by atoms with E-state index >= 15 is 0 Å². The first-order valence-electron chi connectivity index (χ1n) is 10.7. The number of sulfonamides is 1. The minimum absolute atomic E-state index is 0.0343. The normalized spacial score (nSPS) is 21.4. The molecule has 1 amide bonds. The van der Waals surface area contributed by atoms with Crippen molar-refractivity contribution in [1.82, 2.24) is 14.9 Å². The predicted octanol–water partition coefficient (Wildman–Crippen LogP) is 2.99. The summed E-state index contributed by atoms with van der Waals surface area (Å²) in [7, 11) is -3.65. The fourth-order valence-corrected chi connectivity index (χ4v) is 5.50. The molecule has 0 aromatic heterocycles. The second-order valence-corrected chi connectivity index (χ2v) is 10.6. The van der Waals surface area contributed by atoms with Crippen LogP contribution in [-0.4, -0.2) is 51.4 Å². The van der Waals surface area contributed by atoms with E-state index in [1.807, 2.05) is 31.2 Å². The molecule has 0 spiro atoms. The average Bonchev–Trinajstić information content (AvgIpc) is 2.66. The molecule has 1 saturated heterocycles. The first-order chi connectivity index (χ1) is 14.2. The summed E-state index contributed by atoms with van der Waals surface area (Å²) in [6.45, 7) is 9.57. The Hall–Kier alpha value is -1.96. The van der Waals surface area contributed by atoms with Gasteiger partial charge in [0.25, 0.3) is 0 Å². The van der Waals surface area contributed by atoms with E-state index in [2.05, 4.69) is 28.8 Å². The summed E-state index contributed by atoms with van der Waals surface area (Å²) in [6.07, 6.45) is 1.37. The number of carbonyl (C=O) groups excluding carboxylic acids is 1. The van der Waals surface area contributed by atoms with Gasteiger partial charge in [0.15, 0.2) is 0 Å². The lowest BCUT2D eigenvalue weighted by Gasteiger charge is -2.36. The van der Waals surface area contributed by atoms with Crippen LogP contribution >= 0.6 is 0 Å². The first-order valence-corrected chi connectivity index (χ1v) is 12.2. The minimum atomic E-state index is -3.65. The molecule has 0 saturated carbocycles. The molecule has 3 rings (SSSR count). The number of benzene rings is 2. The smallest absolute Gasteiger partial charge is 0.240 e. The zero-order valence-electron chi connectivity index (χ0n) is 18.1.